The second kappa shape index (κ2) is 5.22. The monoisotopic (exact) mass is 260 g/mol. The Labute approximate surface area is 111 Å². The number of nitrogens with two attached hydrogens (primary N) is 1. The van der Waals surface area contributed by atoms with Crippen LogP contribution >= 0.6 is 0 Å². The molecule has 0 saturated carbocycles. The molecule has 1 aromatic carbocycles. The van der Waals surface area contributed by atoms with Gasteiger partial charge in [-0.3, -0.25) is 0 Å². The first-order chi connectivity index (χ1) is 9.02. The first-order valence-electron chi connectivity index (χ1n) is 6.18. The van der Waals surface area contributed by atoms with Crippen molar-refractivity contribution < 1.29 is 4.39 Å². The minimum atomic E-state index is -0.311. The molecule has 0 aliphatic heterocycles. The molecule has 0 aliphatic carbocycles. The van der Waals surface area contributed by atoms with Crippen LogP contribution in [0.1, 0.15) is 23.9 Å². The van der Waals surface area contributed by atoms with Crippen molar-refractivity contribution in [3.8, 4) is 0 Å². The Kier molecular flexibility index (Phi) is 3.64. The van der Waals surface area contributed by atoms with Crippen LogP contribution in [0.4, 0.5) is 21.7 Å². The average molecular weight is 260 g/mol. The van der Waals surface area contributed by atoms with E-state index < -0.39 is 0 Å². The molecule has 1 heterocycles. The minimum Gasteiger partial charge on any atom is -0.383 e. The predicted octanol–water partition coefficient (Wildman–Crippen LogP) is 3.12. The van der Waals surface area contributed by atoms with Crippen molar-refractivity contribution in [1.29, 1.82) is 0 Å². The number of nitrogen functional groups attached to an aromatic ring is 1. The standard InChI is InChI=1S/C14H17FN4/c1-4-11-17-13(16)9(3)14(18-11)19-12-8(2)6-5-7-10(12)15/h5-7H,4H2,1-3H3,(H3,16,17,18,19). The van der Waals surface area contributed by atoms with Crippen molar-refractivity contribution in [2.24, 2.45) is 0 Å². The molecular formula is C14H17FN4. The number of aryl methyl sites for hydroxylation is 2. The Morgan fingerprint density at radius 3 is 2.63 bits per heavy atom. The molecule has 0 bridgehead atoms. The Bertz CT molecular complexity index is 590. The second-order valence-electron chi connectivity index (χ2n) is 4.41. The SMILES string of the molecule is CCc1nc(N)c(C)c(Nc2c(C)cccc2F)n1. The van der Waals surface area contributed by atoms with Crippen molar-refractivity contribution in [2.45, 2.75) is 27.2 Å². The summed E-state index contributed by atoms with van der Waals surface area (Å²) in [6, 6.07) is 4.93. The van der Waals surface area contributed by atoms with Gasteiger partial charge >= 0.3 is 0 Å². The van der Waals surface area contributed by atoms with E-state index in [1.165, 1.54) is 6.07 Å². The zero-order chi connectivity index (χ0) is 14.0. The van der Waals surface area contributed by atoms with Gasteiger partial charge < -0.3 is 11.1 Å². The Morgan fingerprint density at radius 2 is 2.00 bits per heavy atom. The normalized spacial score (nSPS) is 10.5. The number of nitrogens with zero attached hydrogens (tertiary/aromatic N) is 2. The second-order valence-corrected chi connectivity index (χ2v) is 4.41. The topological polar surface area (TPSA) is 63.8 Å². The van der Waals surface area contributed by atoms with Crippen LogP contribution in [0.2, 0.25) is 0 Å². The van der Waals surface area contributed by atoms with Crippen LogP contribution in [-0.2, 0) is 6.42 Å². The molecule has 5 heteroatoms. The van der Waals surface area contributed by atoms with Crippen LogP contribution in [0, 0.1) is 19.7 Å². The fourth-order valence-corrected chi connectivity index (χ4v) is 1.77. The van der Waals surface area contributed by atoms with E-state index in [1.807, 2.05) is 26.8 Å². The summed E-state index contributed by atoms with van der Waals surface area (Å²) in [5, 5.41) is 3.02. The van der Waals surface area contributed by atoms with Gasteiger partial charge in [0, 0.05) is 12.0 Å². The van der Waals surface area contributed by atoms with Gasteiger partial charge in [-0.15, -0.1) is 0 Å². The zero-order valence-electron chi connectivity index (χ0n) is 11.3. The molecule has 0 unspecified atom stereocenters. The molecule has 4 nitrogen and oxygen atoms in total. The van der Waals surface area contributed by atoms with Gasteiger partial charge in [0.2, 0.25) is 0 Å². The number of nitrogens with one attached hydrogen (secondary N) is 1. The number of anilines is 3. The molecule has 0 fully saturated rings. The highest BCUT2D eigenvalue weighted by Crippen LogP contribution is 2.26. The third-order valence-electron chi connectivity index (χ3n) is 3.01. The molecule has 100 valence electrons. The fourth-order valence-electron chi connectivity index (χ4n) is 1.77. The number of aromatic nitrogens is 2. The van der Waals surface area contributed by atoms with E-state index in [-0.39, 0.29) is 5.82 Å². The Hall–Kier alpha value is -2.17. The van der Waals surface area contributed by atoms with E-state index in [2.05, 4.69) is 15.3 Å². The number of benzene rings is 1. The van der Waals surface area contributed by atoms with Crippen LogP contribution in [0.25, 0.3) is 0 Å². The fraction of sp³-hybridized carbons (Fsp3) is 0.286. The predicted molar refractivity (Wildman–Crippen MR) is 75.0 cm³/mol. The maximum Gasteiger partial charge on any atom is 0.146 e. The maximum absolute atomic E-state index is 13.8. The Morgan fingerprint density at radius 1 is 1.26 bits per heavy atom. The molecule has 0 atom stereocenters. The summed E-state index contributed by atoms with van der Waals surface area (Å²) in [6.07, 6.45) is 0.676. The van der Waals surface area contributed by atoms with Crippen LogP contribution in [0.5, 0.6) is 0 Å². The molecule has 19 heavy (non-hydrogen) atoms. The molecule has 0 amide bonds. The largest absolute Gasteiger partial charge is 0.383 e. The zero-order valence-corrected chi connectivity index (χ0v) is 11.3. The van der Waals surface area contributed by atoms with Gasteiger partial charge in [-0.25, -0.2) is 14.4 Å². The molecule has 0 aliphatic rings. The molecule has 2 aromatic rings. The molecule has 0 saturated heterocycles. The van der Waals surface area contributed by atoms with Gasteiger partial charge in [0.15, 0.2) is 0 Å². The minimum absolute atomic E-state index is 0.311. The van der Waals surface area contributed by atoms with Crippen LogP contribution in [-0.4, -0.2) is 9.97 Å². The smallest absolute Gasteiger partial charge is 0.146 e. The maximum atomic E-state index is 13.8. The molecule has 1 aromatic heterocycles. The average Bonchev–Trinajstić information content (AvgIpc) is 2.38. The van der Waals surface area contributed by atoms with Crippen LogP contribution in [0.3, 0.4) is 0 Å². The number of halogens is 1. The summed E-state index contributed by atoms with van der Waals surface area (Å²) >= 11 is 0. The van der Waals surface area contributed by atoms with E-state index >= 15 is 0 Å². The number of rotatable bonds is 3. The summed E-state index contributed by atoms with van der Waals surface area (Å²) < 4.78 is 13.8. The molecule has 0 spiro atoms. The van der Waals surface area contributed by atoms with Crippen molar-refractivity contribution in [3.63, 3.8) is 0 Å². The van der Waals surface area contributed by atoms with Crippen molar-refractivity contribution in [2.75, 3.05) is 11.1 Å². The highest BCUT2D eigenvalue weighted by molar-refractivity contribution is 5.66. The lowest BCUT2D eigenvalue weighted by atomic mass is 10.2. The molecule has 3 N–H and O–H groups in total. The lowest BCUT2D eigenvalue weighted by Gasteiger charge is -2.13. The van der Waals surface area contributed by atoms with Gasteiger partial charge in [0.05, 0.1) is 5.69 Å². The van der Waals surface area contributed by atoms with Gasteiger partial charge in [-0.1, -0.05) is 19.1 Å². The van der Waals surface area contributed by atoms with Crippen molar-refractivity contribution in [1.82, 2.24) is 9.97 Å². The third-order valence-corrected chi connectivity index (χ3v) is 3.01. The van der Waals surface area contributed by atoms with Crippen LogP contribution in [0.15, 0.2) is 18.2 Å². The number of hydrogen-bond acceptors (Lipinski definition) is 4. The molecule has 2 rings (SSSR count). The first-order valence-corrected chi connectivity index (χ1v) is 6.18. The Balaban J connectivity index is 2.46. The third kappa shape index (κ3) is 2.65. The molecule has 0 radical (unpaired) electrons. The van der Waals surface area contributed by atoms with E-state index in [0.717, 1.165) is 11.1 Å². The van der Waals surface area contributed by atoms with Crippen molar-refractivity contribution >= 4 is 17.3 Å². The van der Waals surface area contributed by atoms with E-state index in [4.69, 9.17) is 5.73 Å². The summed E-state index contributed by atoms with van der Waals surface area (Å²) in [7, 11) is 0. The molecular weight excluding hydrogens is 243 g/mol. The van der Waals surface area contributed by atoms with Gasteiger partial charge in [0.1, 0.15) is 23.3 Å². The van der Waals surface area contributed by atoms with E-state index in [1.54, 1.807) is 6.07 Å². The highest BCUT2D eigenvalue weighted by atomic mass is 19.1. The summed E-state index contributed by atoms with van der Waals surface area (Å²) in [5.74, 6) is 1.30. The highest BCUT2D eigenvalue weighted by Gasteiger charge is 2.11. The van der Waals surface area contributed by atoms with Crippen LogP contribution < -0.4 is 11.1 Å². The quantitative estimate of drug-likeness (QED) is 0.890. The summed E-state index contributed by atoms with van der Waals surface area (Å²) in [6.45, 7) is 5.60. The number of para-hydroxylation sites is 1. The first kappa shape index (κ1) is 13.3. The summed E-state index contributed by atoms with van der Waals surface area (Å²) in [4.78, 5) is 8.53. The van der Waals surface area contributed by atoms with E-state index in [0.29, 0.717) is 29.6 Å². The van der Waals surface area contributed by atoms with Crippen molar-refractivity contribution in [3.05, 3.63) is 41.0 Å². The lowest BCUT2D eigenvalue weighted by Crippen LogP contribution is -2.07. The van der Waals surface area contributed by atoms with Gasteiger partial charge in [0.25, 0.3) is 0 Å². The van der Waals surface area contributed by atoms with E-state index in [9.17, 15) is 4.39 Å². The van der Waals surface area contributed by atoms with Gasteiger partial charge in [-0.2, -0.15) is 0 Å². The number of hydrogen-bond donors (Lipinski definition) is 2. The van der Waals surface area contributed by atoms with Gasteiger partial charge in [-0.05, 0) is 25.5 Å². The lowest BCUT2D eigenvalue weighted by molar-refractivity contribution is 0.630. The summed E-state index contributed by atoms with van der Waals surface area (Å²) in [5.41, 5.74) is 7.80.